The van der Waals surface area contributed by atoms with Crippen molar-refractivity contribution >= 4 is 43.1 Å². The molecule has 0 amide bonds. The minimum absolute atomic E-state index is 0.985. The molecule has 0 fully saturated rings. The summed E-state index contributed by atoms with van der Waals surface area (Å²) in [5.41, 5.74) is 6.97. The van der Waals surface area contributed by atoms with Crippen molar-refractivity contribution in [2.75, 3.05) is 0 Å². The second kappa shape index (κ2) is 9.18. The van der Waals surface area contributed by atoms with Gasteiger partial charge in [0.1, 0.15) is 0 Å². The molecule has 0 unspecified atom stereocenters. The van der Waals surface area contributed by atoms with Gasteiger partial charge in [-0.25, -0.2) is 0 Å². The van der Waals surface area contributed by atoms with Crippen molar-refractivity contribution in [2.45, 2.75) is 0 Å². The van der Waals surface area contributed by atoms with E-state index in [2.05, 4.69) is 146 Å². The summed E-state index contributed by atoms with van der Waals surface area (Å²) in [4.78, 5) is 4.75. The van der Waals surface area contributed by atoms with Crippen LogP contribution in [0.5, 0.6) is 0 Å². The minimum Gasteiger partial charge on any atom is -0.256 e. The molecule has 40 heavy (non-hydrogen) atoms. The standard InChI is InChI=1S/C39H25N/c1-2-8-26(9-3-1)31-20-21-40-39(25-31)32-17-19-36-35-18-16-30(29-15-14-27-10-4-5-11-28(27)22-29)23-37(35)33-12-6-7-13-34(33)38(36)24-32/h1-25H. The topological polar surface area (TPSA) is 12.9 Å². The average molecular weight is 508 g/mol. The molecule has 0 spiro atoms. The lowest BCUT2D eigenvalue weighted by Crippen LogP contribution is -1.88. The summed E-state index contributed by atoms with van der Waals surface area (Å²) in [7, 11) is 0. The Morgan fingerprint density at radius 2 is 0.850 bits per heavy atom. The molecule has 0 aliphatic heterocycles. The van der Waals surface area contributed by atoms with Crippen LogP contribution in [0.2, 0.25) is 0 Å². The summed E-state index contributed by atoms with van der Waals surface area (Å²) in [6.07, 6.45) is 1.91. The van der Waals surface area contributed by atoms with Gasteiger partial charge in [-0.2, -0.15) is 0 Å². The molecule has 0 aliphatic carbocycles. The Kier molecular flexibility index (Phi) is 5.21. The van der Waals surface area contributed by atoms with Gasteiger partial charge in [-0.3, -0.25) is 4.98 Å². The van der Waals surface area contributed by atoms with E-state index in [0.29, 0.717) is 0 Å². The zero-order valence-corrected chi connectivity index (χ0v) is 21.9. The minimum atomic E-state index is 0.985. The molecule has 0 atom stereocenters. The highest BCUT2D eigenvalue weighted by molar-refractivity contribution is 6.26. The lowest BCUT2D eigenvalue weighted by Gasteiger charge is -2.14. The van der Waals surface area contributed by atoms with Crippen LogP contribution in [0.15, 0.2) is 152 Å². The van der Waals surface area contributed by atoms with Crippen LogP contribution in [-0.4, -0.2) is 4.98 Å². The van der Waals surface area contributed by atoms with E-state index in [1.807, 2.05) is 6.20 Å². The maximum absolute atomic E-state index is 4.75. The summed E-state index contributed by atoms with van der Waals surface area (Å²) in [5, 5.41) is 10.1. The Bertz CT molecular complexity index is 2190. The normalized spacial score (nSPS) is 11.5. The number of hydrogen-bond donors (Lipinski definition) is 0. The summed E-state index contributed by atoms with van der Waals surface area (Å²) < 4.78 is 0. The van der Waals surface area contributed by atoms with Crippen molar-refractivity contribution in [3.63, 3.8) is 0 Å². The van der Waals surface area contributed by atoms with Gasteiger partial charge in [0.15, 0.2) is 0 Å². The van der Waals surface area contributed by atoms with Crippen molar-refractivity contribution in [3.8, 4) is 33.5 Å². The zero-order chi connectivity index (χ0) is 26.5. The summed E-state index contributed by atoms with van der Waals surface area (Å²) in [6, 6.07) is 52.6. The molecule has 1 heterocycles. The smallest absolute Gasteiger partial charge is 0.0708 e. The Morgan fingerprint density at radius 3 is 1.62 bits per heavy atom. The first-order chi connectivity index (χ1) is 19.8. The summed E-state index contributed by atoms with van der Waals surface area (Å²) in [5.74, 6) is 0. The van der Waals surface area contributed by atoms with E-state index < -0.39 is 0 Å². The summed E-state index contributed by atoms with van der Waals surface area (Å²) in [6.45, 7) is 0. The van der Waals surface area contributed by atoms with E-state index in [4.69, 9.17) is 4.98 Å². The SMILES string of the molecule is c1ccc(-c2ccnc(-c3ccc4c5ccc(-c6ccc7ccccc7c6)cc5c5ccccc5c4c3)c2)cc1. The van der Waals surface area contributed by atoms with E-state index >= 15 is 0 Å². The molecule has 186 valence electrons. The van der Waals surface area contributed by atoms with Crippen LogP contribution < -0.4 is 0 Å². The third-order valence-electron chi connectivity index (χ3n) is 8.08. The fourth-order valence-electron chi connectivity index (χ4n) is 6.06. The number of pyridine rings is 1. The van der Waals surface area contributed by atoms with E-state index in [1.165, 1.54) is 65.3 Å². The van der Waals surface area contributed by atoms with Gasteiger partial charge in [-0.05, 0) is 95.7 Å². The highest BCUT2D eigenvalue weighted by Gasteiger charge is 2.12. The van der Waals surface area contributed by atoms with Crippen LogP contribution in [0.25, 0.3) is 76.6 Å². The van der Waals surface area contributed by atoms with E-state index in [9.17, 15) is 0 Å². The fourth-order valence-corrected chi connectivity index (χ4v) is 6.06. The first-order valence-corrected chi connectivity index (χ1v) is 13.7. The maximum atomic E-state index is 4.75. The van der Waals surface area contributed by atoms with Gasteiger partial charge in [0.25, 0.3) is 0 Å². The zero-order valence-electron chi connectivity index (χ0n) is 21.9. The Balaban J connectivity index is 1.31. The molecule has 1 heteroatoms. The number of benzene rings is 7. The number of fused-ring (bicyclic) bond motifs is 7. The third kappa shape index (κ3) is 3.75. The van der Waals surface area contributed by atoms with Crippen LogP contribution in [0.1, 0.15) is 0 Å². The van der Waals surface area contributed by atoms with E-state index in [-0.39, 0.29) is 0 Å². The van der Waals surface area contributed by atoms with Crippen LogP contribution in [-0.2, 0) is 0 Å². The van der Waals surface area contributed by atoms with Crippen LogP contribution in [0.3, 0.4) is 0 Å². The molecule has 0 radical (unpaired) electrons. The van der Waals surface area contributed by atoms with Gasteiger partial charge in [-0.15, -0.1) is 0 Å². The Morgan fingerprint density at radius 1 is 0.300 bits per heavy atom. The highest BCUT2D eigenvalue weighted by Crippen LogP contribution is 2.39. The van der Waals surface area contributed by atoms with Crippen molar-refractivity contribution in [1.29, 1.82) is 0 Å². The number of rotatable bonds is 3. The van der Waals surface area contributed by atoms with Crippen molar-refractivity contribution in [2.24, 2.45) is 0 Å². The van der Waals surface area contributed by atoms with Gasteiger partial charge in [-0.1, -0.05) is 115 Å². The lowest BCUT2D eigenvalue weighted by molar-refractivity contribution is 1.33. The Hall–Kier alpha value is -5.27. The fraction of sp³-hybridized carbons (Fsp3) is 0. The molecular formula is C39H25N. The molecule has 0 N–H and O–H groups in total. The molecule has 1 aromatic heterocycles. The second-order valence-corrected chi connectivity index (χ2v) is 10.4. The molecule has 7 aromatic carbocycles. The largest absolute Gasteiger partial charge is 0.256 e. The first-order valence-electron chi connectivity index (χ1n) is 13.7. The van der Waals surface area contributed by atoms with Crippen molar-refractivity contribution < 1.29 is 0 Å². The molecule has 1 nitrogen and oxygen atoms in total. The van der Waals surface area contributed by atoms with Gasteiger partial charge < -0.3 is 0 Å². The van der Waals surface area contributed by atoms with Gasteiger partial charge in [0.2, 0.25) is 0 Å². The van der Waals surface area contributed by atoms with E-state index in [1.54, 1.807) is 0 Å². The number of aromatic nitrogens is 1. The van der Waals surface area contributed by atoms with Crippen molar-refractivity contribution in [3.05, 3.63) is 152 Å². The predicted molar refractivity (Wildman–Crippen MR) is 171 cm³/mol. The van der Waals surface area contributed by atoms with Crippen LogP contribution >= 0.6 is 0 Å². The quantitative estimate of drug-likeness (QED) is 0.217. The average Bonchev–Trinajstić information content (AvgIpc) is 3.04. The highest BCUT2D eigenvalue weighted by atomic mass is 14.7. The molecule has 8 aromatic rings. The third-order valence-corrected chi connectivity index (χ3v) is 8.08. The Labute approximate surface area is 233 Å². The van der Waals surface area contributed by atoms with Gasteiger partial charge >= 0.3 is 0 Å². The summed E-state index contributed by atoms with van der Waals surface area (Å²) >= 11 is 0. The van der Waals surface area contributed by atoms with Gasteiger partial charge in [0, 0.05) is 11.8 Å². The monoisotopic (exact) mass is 507 g/mol. The lowest BCUT2D eigenvalue weighted by atomic mass is 9.90. The molecule has 8 rings (SSSR count). The molecule has 0 saturated heterocycles. The predicted octanol–water partition coefficient (Wildman–Crippen LogP) is 10.7. The van der Waals surface area contributed by atoms with Crippen molar-refractivity contribution in [1.82, 2.24) is 4.98 Å². The molecular weight excluding hydrogens is 482 g/mol. The van der Waals surface area contributed by atoms with Crippen LogP contribution in [0.4, 0.5) is 0 Å². The van der Waals surface area contributed by atoms with Gasteiger partial charge in [0.05, 0.1) is 5.69 Å². The number of hydrogen-bond acceptors (Lipinski definition) is 1. The molecule has 0 bridgehead atoms. The second-order valence-electron chi connectivity index (χ2n) is 10.4. The first kappa shape index (κ1) is 22.7. The number of nitrogens with zero attached hydrogens (tertiary/aromatic N) is 1. The van der Waals surface area contributed by atoms with E-state index in [0.717, 1.165) is 11.3 Å². The van der Waals surface area contributed by atoms with Crippen LogP contribution in [0, 0.1) is 0 Å². The molecule has 0 aliphatic rings. The maximum Gasteiger partial charge on any atom is 0.0708 e. The molecule has 0 saturated carbocycles.